The molecule has 1 aliphatic rings. The first-order chi connectivity index (χ1) is 9.86. The SMILES string of the molecule is CCNC1CCN(CCc2cccc3cccnc23)C1. The van der Waals surface area contributed by atoms with Gasteiger partial charge in [-0.3, -0.25) is 4.98 Å². The van der Waals surface area contributed by atoms with Gasteiger partial charge in [0.05, 0.1) is 5.52 Å². The maximum atomic E-state index is 4.54. The fourth-order valence-corrected chi connectivity index (χ4v) is 3.14. The van der Waals surface area contributed by atoms with Gasteiger partial charge in [0, 0.05) is 30.7 Å². The molecular weight excluding hydrogens is 246 g/mol. The van der Waals surface area contributed by atoms with Crippen LogP contribution in [0.25, 0.3) is 10.9 Å². The number of hydrogen-bond donors (Lipinski definition) is 1. The van der Waals surface area contributed by atoms with Crippen LogP contribution in [0.3, 0.4) is 0 Å². The molecule has 2 heterocycles. The first kappa shape index (κ1) is 13.5. The molecule has 1 aliphatic heterocycles. The second-order valence-corrected chi connectivity index (χ2v) is 5.59. The predicted octanol–water partition coefficient (Wildman–Crippen LogP) is 2.46. The van der Waals surface area contributed by atoms with Crippen molar-refractivity contribution in [2.45, 2.75) is 25.8 Å². The molecule has 2 aromatic rings. The molecule has 1 unspecified atom stereocenters. The van der Waals surface area contributed by atoms with E-state index in [2.05, 4.69) is 46.4 Å². The van der Waals surface area contributed by atoms with Crippen LogP contribution in [0.1, 0.15) is 18.9 Å². The maximum absolute atomic E-state index is 4.54. The molecule has 1 fully saturated rings. The van der Waals surface area contributed by atoms with Crippen molar-refractivity contribution in [3.05, 3.63) is 42.1 Å². The standard InChI is InChI=1S/C17H23N3/c1-2-18-16-9-12-20(13-16)11-8-15-6-3-5-14-7-4-10-19-17(14)15/h3-7,10,16,18H,2,8-9,11-13H2,1H3. The summed E-state index contributed by atoms with van der Waals surface area (Å²) in [5, 5.41) is 4.80. The smallest absolute Gasteiger partial charge is 0.0734 e. The van der Waals surface area contributed by atoms with Gasteiger partial charge in [-0.05, 0) is 37.6 Å². The number of fused-ring (bicyclic) bond motifs is 1. The molecule has 0 spiro atoms. The van der Waals surface area contributed by atoms with E-state index in [1.54, 1.807) is 0 Å². The Morgan fingerprint density at radius 1 is 1.30 bits per heavy atom. The molecule has 1 aromatic heterocycles. The van der Waals surface area contributed by atoms with Gasteiger partial charge in [0.15, 0.2) is 0 Å². The van der Waals surface area contributed by atoms with E-state index in [0.29, 0.717) is 6.04 Å². The summed E-state index contributed by atoms with van der Waals surface area (Å²) in [4.78, 5) is 7.10. The lowest BCUT2D eigenvalue weighted by molar-refractivity contribution is 0.333. The van der Waals surface area contributed by atoms with Gasteiger partial charge >= 0.3 is 0 Å². The highest BCUT2D eigenvalue weighted by Crippen LogP contribution is 2.17. The largest absolute Gasteiger partial charge is 0.313 e. The highest BCUT2D eigenvalue weighted by molar-refractivity contribution is 5.81. The van der Waals surface area contributed by atoms with E-state index in [9.17, 15) is 0 Å². The van der Waals surface area contributed by atoms with Crippen LogP contribution in [0.4, 0.5) is 0 Å². The van der Waals surface area contributed by atoms with Crippen molar-refractivity contribution in [2.24, 2.45) is 0 Å². The summed E-state index contributed by atoms with van der Waals surface area (Å²) >= 11 is 0. The third-order valence-corrected chi connectivity index (χ3v) is 4.18. The molecule has 0 radical (unpaired) electrons. The number of para-hydroxylation sites is 1. The average molecular weight is 269 g/mol. The highest BCUT2D eigenvalue weighted by Gasteiger charge is 2.21. The number of rotatable bonds is 5. The molecule has 1 atom stereocenters. The van der Waals surface area contributed by atoms with Crippen LogP contribution in [-0.4, -0.2) is 42.1 Å². The monoisotopic (exact) mass is 269 g/mol. The number of nitrogens with zero attached hydrogens (tertiary/aromatic N) is 2. The number of nitrogens with one attached hydrogen (secondary N) is 1. The molecule has 1 aromatic carbocycles. The number of pyridine rings is 1. The third kappa shape index (κ3) is 3.00. The number of benzene rings is 1. The summed E-state index contributed by atoms with van der Waals surface area (Å²) in [6.07, 6.45) is 4.26. The van der Waals surface area contributed by atoms with E-state index in [-0.39, 0.29) is 0 Å². The lowest BCUT2D eigenvalue weighted by atomic mass is 10.1. The molecule has 3 heteroatoms. The summed E-state index contributed by atoms with van der Waals surface area (Å²) in [6, 6.07) is 11.3. The van der Waals surface area contributed by atoms with Gasteiger partial charge in [-0.15, -0.1) is 0 Å². The van der Waals surface area contributed by atoms with E-state index in [1.165, 1.54) is 30.5 Å². The molecule has 0 aliphatic carbocycles. The van der Waals surface area contributed by atoms with Gasteiger partial charge in [-0.1, -0.05) is 31.2 Å². The Hall–Kier alpha value is -1.45. The topological polar surface area (TPSA) is 28.2 Å². The average Bonchev–Trinajstić information content (AvgIpc) is 2.93. The van der Waals surface area contributed by atoms with E-state index >= 15 is 0 Å². The van der Waals surface area contributed by atoms with Gasteiger partial charge in [0.25, 0.3) is 0 Å². The Labute approximate surface area is 121 Å². The molecule has 3 nitrogen and oxygen atoms in total. The third-order valence-electron chi connectivity index (χ3n) is 4.18. The molecule has 20 heavy (non-hydrogen) atoms. The van der Waals surface area contributed by atoms with Crippen LogP contribution in [0, 0.1) is 0 Å². The first-order valence-corrected chi connectivity index (χ1v) is 7.65. The molecule has 0 bridgehead atoms. The van der Waals surface area contributed by atoms with E-state index in [1.807, 2.05) is 12.3 Å². The van der Waals surface area contributed by atoms with Crippen molar-refractivity contribution in [1.82, 2.24) is 15.2 Å². The van der Waals surface area contributed by atoms with Gasteiger partial charge in [-0.2, -0.15) is 0 Å². The predicted molar refractivity (Wildman–Crippen MR) is 84.0 cm³/mol. The fourth-order valence-electron chi connectivity index (χ4n) is 3.14. The zero-order chi connectivity index (χ0) is 13.8. The molecule has 1 N–H and O–H groups in total. The summed E-state index contributed by atoms with van der Waals surface area (Å²) in [6.45, 7) is 6.80. The van der Waals surface area contributed by atoms with Crippen molar-refractivity contribution in [3.63, 3.8) is 0 Å². The fraction of sp³-hybridized carbons (Fsp3) is 0.471. The van der Waals surface area contributed by atoms with Crippen LogP contribution in [-0.2, 0) is 6.42 Å². The lowest BCUT2D eigenvalue weighted by Gasteiger charge is -2.16. The Balaban J connectivity index is 1.63. The molecule has 1 saturated heterocycles. The van der Waals surface area contributed by atoms with Crippen LogP contribution < -0.4 is 5.32 Å². The van der Waals surface area contributed by atoms with Crippen molar-refractivity contribution < 1.29 is 0 Å². The van der Waals surface area contributed by atoms with E-state index in [4.69, 9.17) is 0 Å². The molecule has 0 saturated carbocycles. The van der Waals surface area contributed by atoms with Crippen LogP contribution >= 0.6 is 0 Å². The number of hydrogen-bond acceptors (Lipinski definition) is 3. The number of likely N-dealkylation sites (N-methyl/N-ethyl adjacent to an activating group) is 1. The van der Waals surface area contributed by atoms with E-state index < -0.39 is 0 Å². The lowest BCUT2D eigenvalue weighted by Crippen LogP contribution is -2.32. The van der Waals surface area contributed by atoms with Gasteiger partial charge in [0.1, 0.15) is 0 Å². The minimum atomic E-state index is 0.686. The van der Waals surface area contributed by atoms with Crippen molar-refractivity contribution >= 4 is 10.9 Å². The van der Waals surface area contributed by atoms with Crippen LogP contribution in [0.15, 0.2) is 36.5 Å². The highest BCUT2D eigenvalue weighted by atomic mass is 15.2. The number of aromatic nitrogens is 1. The van der Waals surface area contributed by atoms with E-state index in [0.717, 1.165) is 25.0 Å². The summed E-state index contributed by atoms with van der Waals surface area (Å²) in [5.41, 5.74) is 2.53. The summed E-state index contributed by atoms with van der Waals surface area (Å²) in [7, 11) is 0. The Morgan fingerprint density at radius 2 is 2.20 bits per heavy atom. The zero-order valence-corrected chi connectivity index (χ0v) is 12.2. The van der Waals surface area contributed by atoms with Gasteiger partial charge < -0.3 is 10.2 Å². The Bertz CT molecular complexity index is 562. The second kappa shape index (κ2) is 6.33. The first-order valence-electron chi connectivity index (χ1n) is 7.65. The van der Waals surface area contributed by atoms with Gasteiger partial charge in [0.2, 0.25) is 0 Å². The maximum Gasteiger partial charge on any atom is 0.0734 e. The number of likely N-dealkylation sites (tertiary alicyclic amines) is 1. The summed E-state index contributed by atoms with van der Waals surface area (Å²) in [5.74, 6) is 0. The minimum Gasteiger partial charge on any atom is -0.313 e. The molecule has 0 amide bonds. The molecular formula is C17H23N3. The van der Waals surface area contributed by atoms with Gasteiger partial charge in [-0.25, -0.2) is 0 Å². The Kier molecular flexibility index (Phi) is 4.28. The van der Waals surface area contributed by atoms with Crippen molar-refractivity contribution in [1.29, 1.82) is 0 Å². The quantitative estimate of drug-likeness (QED) is 0.904. The Morgan fingerprint density at radius 3 is 3.10 bits per heavy atom. The van der Waals surface area contributed by atoms with Crippen molar-refractivity contribution in [2.75, 3.05) is 26.2 Å². The molecule has 3 rings (SSSR count). The minimum absolute atomic E-state index is 0.686. The summed E-state index contributed by atoms with van der Waals surface area (Å²) < 4.78 is 0. The normalized spacial score (nSPS) is 19.8. The van der Waals surface area contributed by atoms with Crippen LogP contribution in [0.2, 0.25) is 0 Å². The molecule has 106 valence electrons. The second-order valence-electron chi connectivity index (χ2n) is 5.59. The van der Waals surface area contributed by atoms with Crippen LogP contribution in [0.5, 0.6) is 0 Å². The van der Waals surface area contributed by atoms with Crippen molar-refractivity contribution in [3.8, 4) is 0 Å². The zero-order valence-electron chi connectivity index (χ0n) is 12.2.